The molecule has 0 bridgehead atoms. The number of carbonyl (C=O) groups excluding carboxylic acids is 2. The molecule has 2 saturated heterocycles. The lowest BCUT2D eigenvalue weighted by Crippen LogP contribution is -2.43. The van der Waals surface area contributed by atoms with Crippen LogP contribution in [0, 0.1) is 0 Å². The number of ether oxygens (including phenoxy) is 1. The van der Waals surface area contributed by atoms with E-state index in [-0.39, 0.29) is 22.3 Å². The van der Waals surface area contributed by atoms with E-state index in [9.17, 15) is 18.0 Å². The molecule has 178 valence electrons. The van der Waals surface area contributed by atoms with Gasteiger partial charge in [-0.1, -0.05) is 12.8 Å². The Balaban J connectivity index is 1.55. The molecule has 1 atom stereocenters. The number of hydrogen-bond acceptors (Lipinski definition) is 6. The molecule has 10 heteroatoms. The van der Waals surface area contributed by atoms with Gasteiger partial charge in [-0.25, -0.2) is 8.42 Å². The zero-order chi connectivity index (χ0) is 23.4. The summed E-state index contributed by atoms with van der Waals surface area (Å²) in [5, 5.41) is 2.79. The van der Waals surface area contributed by atoms with Gasteiger partial charge >= 0.3 is 0 Å². The number of hydrogen-bond donors (Lipinski definition) is 1. The van der Waals surface area contributed by atoms with E-state index in [0.29, 0.717) is 38.2 Å². The maximum atomic E-state index is 13.2. The SMILES string of the molecule is COc1ccc(S(=O)(=O)N2CCCCCC2)cc1NC(=O)[C@@H]1CCCN1C(=O)c1ccco1. The largest absolute Gasteiger partial charge is 0.495 e. The first-order chi connectivity index (χ1) is 15.9. The number of nitrogens with one attached hydrogen (secondary N) is 1. The van der Waals surface area contributed by atoms with E-state index >= 15 is 0 Å². The molecule has 2 aromatic rings. The molecule has 0 unspecified atom stereocenters. The number of carbonyl (C=O) groups is 2. The monoisotopic (exact) mass is 475 g/mol. The van der Waals surface area contributed by atoms with Gasteiger partial charge in [-0.05, 0) is 56.0 Å². The van der Waals surface area contributed by atoms with Crippen molar-refractivity contribution in [3.8, 4) is 5.75 Å². The minimum absolute atomic E-state index is 0.107. The summed E-state index contributed by atoms with van der Waals surface area (Å²) in [7, 11) is -2.24. The highest BCUT2D eigenvalue weighted by Gasteiger charge is 2.36. The van der Waals surface area contributed by atoms with Crippen LogP contribution in [0.15, 0.2) is 45.9 Å². The normalized spacial score (nSPS) is 19.8. The molecule has 2 aliphatic rings. The molecular formula is C23H29N3O6S. The summed E-state index contributed by atoms with van der Waals surface area (Å²) in [5.41, 5.74) is 0.260. The Bertz CT molecular complexity index is 1090. The lowest BCUT2D eigenvalue weighted by atomic mass is 10.2. The Morgan fingerprint density at radius 1 is 1.06 bits per heavy atom. The van der Waals surface area contributed by atoms with Gasteiger partial charge in [-0.3, -0.25) is 9.59 Å². The van der Waals surface area contributed by atoms with E-state index < -0.39 is 22.0 Å². The van der Waals surface area contributed by atoms with E-state index in [1.54, 1.807) is 18.2 Å². The van der Waals surface area contributed by atoms with Crippen LogP contribution in [0.25, 0.3) is 0 Å². The van der Waals surface area contributed by atoms with Gasteiger partial charge < -0.3 is 19.4 Å². The maximum absolute atomic E-state index is 13.2. The summed E-state index contributed by atoms with van der Waals surface area (Å²) in [6, 6.07) is 6.98. The highest BCUT2D eigenvalue weighted by molar-refractivity contribution is 7.89. The van der Waals surface area contributed by atoms with E-state index in [2.05, 4.69) is 5.32 Å². The minimum atomic E-state index is -3.69. The van der Waals surface area contributed by atoms with Crippen molar-refractivity contribution in [3.05, 3.63) is 42.4 Å². The van der Waals surface area contributed by atoms with Crippen molar-refractivity contribution >= 4 is 27.5 Å². The molecular weight excluding hydrogens is 446 g/mol. The fraction of sp³-hybridized carbons (Fsp3) is 0.478. The van der Waals surface area contributed by atoms with Crippen LogP contribution in [0.1, 0.15) is 49.1 Å². The second-order valence-electron chi connectivity index (χ2n) is 8.30. The van der Waals surface area contributed by atoms with Crippen LogP contribution < -0.4 is 10.1 Å². The third kappa shape index (κ3) is 4.91. The molecule has 2 aliphatic heterocycles. The lowest BCUT2D eigenvalue weighted by molar-refractivity contribution is -0.119. The number of rotatable bonds is 6. The Labute approximate surface area is 193 Å². The molecule has 3 heterocycles. The van der Waals surface area contributed by atoms with Crippen molar-refractivity contribution in [2.45, 2.75) is 49.5 Å². The molecule has 2 fully saturated rings. The Kier molecular flexibility index (Phi) is 7.04. The molecule has 0 aliphatic carbocycles. The van der Waals surface area contributed by atoms with Crippen molar-refractivity contribution in [1.82, 2.24) is 9.21 Å². The predicted octanol–water partition coefficient (Wildman–Crippen LogP) is 3.10. The topological polar surface area (TPSA) is 109 Å². The second kappa shape index (κ2) is 9.96. The second-order valence-corrected chi connectivity index (χ2v) is 10.2. The number of anilines is 1. The zero-order valence-corrected chi connectivity index (χ0v) is 19.5. The van der Waals surface area contributed by atoms with Crippen molar-refractivity contribution in [2.24, 2.45) is 0 Å². The smallest absolute Gasteiger partial charge is 0.290 e. The number of benzene rings is 1. The highest BCUT2D eigenvalue weighted by Crippen LogP contribution is 2.31. The van der Waals surface area contributed by atoms with E-state index in [1.165, 1.54) is 34.7 Å². The minimum Gasteiger partial charge on any atom is -0.495 e. The highest BCUT2D eigenvalue weighted by atomic mass is 32.2. The van der Waals surface area contributed by atoms with Gasteiger partial charge in [0.05, 0.1) is 24.0 Å². The summed E-state index contributed by atoms with van der Waals surface area (Å²) < 4.78 is 38.5. The third-order valence-corrected chi connectivity index (χ3v) is 8.07. The van der Waals surface area contributed by atoms with Crippen molar-refractivity contribution < 1.29 is 27.2 Å². The van der Waals surface area contributed by atoms with Crippen LogP contribution in [0.2, 0.25) is 0 Å². The first-order valence-corrected chi connectivity index (χ1v) is 12.7. The van der Waals surface area contributed by atoms with Gasteiger partial charge in [0.25, 0.3) is 5.91 Å². The van der Waals surface area contributed by atoms with Crippen LogP contribution in [-0.4, -0.2) is 62.2 Å². The lowest BCUT2D eigenvalue weighted by Gasteiger charge is -2.24. The van der Waals surface area contributed by atoms with Crippen LogP contribution in [0.3, 0.4) is 0 Å². The summed E-state index contributed by atoms with van der Waals surface area (Å²) in [4.78, 5) is 27.4. The van der Waals surface area contributed by atoms with Crippen LogP contribution >= 0.6 is 0 Å². The molecule has 0 spiro atoms. The Morgan fingerprint density at radius 3 is 2.48 bits per heavy atom. The number of furan rings is 1. The van der Waals surface area contributed by atoms with Crippen LogP contribution in [-0.2, 0) is 14.8 Å². The van der Waals surface area contributed by atoms with Crippen molar-refractivity contribution in [2.75, 3.05) is 32.1 Å². The molecule has 4 rings (SSSR count). The predicted molar refractivity (Wildman–Crippen MR) is 122 cm³/mol. The zero-order valence-electron chi connectivity index (χ0n) is 18.7. The fourth-order valence-corrected chi connectivity index (χ4v) is 5.96. The molecule has 33 heavy (non-hydrogen) atoms. The molecule has 2 amide bonds. The maximum Gasteiger partial charge on any atom is 0.290 e. The number of sulfonamides is 1. The van der Waals surface area contributed by atoms with E-state index in [0.717, 1.165) is 25.7 Å². The van der Waals surface area contributed by atoms with Crippen LogP contribution in [0.5, 0.6) is 5.75 Å². The van der Waals surface area contributed by atoms with E-state index in [1.807, 2.05) is 0 Å². The fourth-order valence-electron chi connectivity index (χ4n) is 4.42. The van der Waals surface area contributed by atoms with Gasteiger partial charge in [0.2, 0.25) is 15.9 Å². The Hall–Kier alpha value is -2.85. The number of nitrogens with zero attached hydrogens (tertiary/aromatic N) is 2. The number of amides is 2. The molecule has 1 aromatic carbocycles. The number of likely N-dealkylation sites (tertiary alicyclic amines) is 1. The molecule has 1 aromatic heterocycles. The van der Waals surface area contributed by atoms with Gasteiger partial charge in [0.15, 0.2) is 5.76 Å². The standard InChI is InChI=1S/C23H29N3O6S/c1-31-20-11-10-17(33(29,30)25-12-4-2-3-5-13-25)16-18(20)24-22(27)19-8-6-14-26(19)23(28)21-9-7-15-32-21/h7,9-11,15-16,19H,2-6,8,12-14H2,1H3,(H,24,27)/t19-/m0/s1. The average molecular weight is 476 g/mol. The quantitative estimate of drug-likeness (QED) is 0.688. The average Bonchev–Trinajstić information content (AvgIpc) is 3.45. The van der Waals surface area contributed by atoms with Crippen molar-refractivity contribution in [1.29, 1.82) is 0 Å². The summed E-state index contributed by atoms with van der Waals surface area (Å²) in [5.74, 6) is -0.213. The van der Waals surface area contributed by atoms with Gasteiger partial charge in [-0.2, -0.15) is 4.31 Å². The van der Waals surface area contributed by atoms with Gasteiger partial charge in [0, 0.05) is 19.6 Å². The first kappa shape index (κ1) is 23.3. The summed E-state index contributed by atoms with van der Waals surface area (Å²) >= 11 is 0. The molecule has 0 radical (unpaired) electrons. The van der Waals surface area contributed by atoms with Gasteiger partial charge in [-0.15, -0.1) is 0 Å². The Morgan fingerprint density at radius 2 is 1.82 bits per heavy atom. The van der Waals surface area contributed by atoms with Crippen LogP contribution in [0.4, 0.5) is 5.69 Å². The molecule has 9 nitrogen and oxygen atoms in total. The summed E-state index contributed by atoms with van der Waals surface area (Å²) in [6.07, 6.45) is 6.31. The summed E-state index contributed by atoms with van der Waals surface area (Å²) in [6.45, 7) is 1.42. The van der Waals surface area contributed by atoms with Crippen molar-refractivity contribution in [3.63, 3.8) is 0 Å². The van der Waals surface area contributed by atoms with E-state index in [4.69, 9.17) is 9.15 Å². The number of methoxy groups -OCH3 is 1. The van der Waals surface area contributed by atoms with Gasteiger partial charge in [0.1, 0.15) is 11.8 Å². The first-order valence-electron chi connectivity index (χ1n) is 11.3. The third-order valence-electron chi connectivity index (χ3n) is 6.18. The molecule has 1 N–H and O–H groups in total. The molecule has 0 saturated carbocycles.